The Labute approximate surface area is 99.1 Å². The third-order valence-electron chi connectivity index (χ3n) is 2.59. The topological polar surface area (TPSA) is 45.1 Å². The van der Waals surface area contributed by atoms with E-state index in [2.05, 4.69) is 23.3 Å². The Balaban J connectivity index is 2.14. The third kappa shape index (κ3) is 2.51. The summed E-state index contributed by atoms with van der Waals surface area (Å²) in [6, 6.07) is 8.42. The van der Waals surface area contributed by atoms with E-state index in [0.717, 1.165) is 23.5 Å². The number of benzene rings is 1. The molecule has 86 valence electrons. The molecule has 2 aromatic rings. The maximum Gasteiger partial charge on any atom is 0.184 e. The maximum absolute atomic E-state index is 8.93. The molecule has 0 bridgehead atoms. The van der Waals surface area contributed by atoms with Gasteiger partial charge in [-0.15, -0.1) is 0 Å². The number of aliphatic hydroxyl groups is 1. The average molecular weight is 236 g/mol. The van der Waals surface area contributed by atoms with Crippen LogP contribution in [-0.2, 0) is 0 Å². The van der Waals surface area contributed by atoms with Crippen LogP contribution < -0.4 is 5.32 Å². The van der Waals surface area contributed by atoms with Crippen LogP contribution >= 0.6 is 11.3 Å². The fraction of sp³-hybridized carbons (Fsp3) is 0.417. The highest BCUT2D eigenvalue weighted by Crippen LogP contribution is 2.26. The van der Waals surface area contributed by atoms with Crippen LogP contribution in [0, 0.1) is 0 Å². The lowest BCUT2D eigenvalue weighted by Crippen LogP contribution is -2.19. The second-order valence-corrected chi connectivity index (χ2v) is 4.78. The van der Waals surface area contributed by atoms with Crippen molar-refractivity contribution in [1.29, 1.82) is 0 Å². The molecule has 2 N–H and O–H groups in total. The molecule has 0 spiro atoms. The van der Waals surface area contributed by atoms with Crippen molar-refractivity contribution in [2.24, 2.45) is 0 Å². The molecule has 0 fully saturated rings. The number of aromatic nitrogens is 1. The van der Waals surface area contributed by atoms with Gasteiger partial charge >= 0.3 is 0 Å². The summed E-state index contributed by atoms with van der Waals surface area (Å²) >= 11 is 1.66. The van der Waals surface area contributed by atoms with Gasteiger partial charge in [0.1, 0.15) is 0 Å². The highest BCUT2D eigenvalue weighted by molar-refractivity contribution is 7.22. The van der Waals surface area contributed by atoms with Gasteiger partial charge in [-0.25, -0.2) is 4.98 Å². The number of aliphatic hydroxyl groups excluding tert-OH is 1. The first kappa shape index (κ1) is 11.4. The van der Waals surface area contributed by atoms with Crippen molar-refractivity contribution in [3.63, 3.8) is 0 Å². The fourth-order valence-corrected chi connectivity index (χ4v) is 2.59. The van der Waals surface area contributed by atoms with Crippen LogP contribution in [0.1, 0.15) is 19.8 Å². The Morgan fingerprint density at radius 3 is 2.94 bits per heavy atom. The third-order valence-corrected chi connectivity index (χ3v) is 3.56. The van der Waals surface area contributed by atoms with Gasteiger partial charge in [0.05, 0.1) is 10.2 Å². The lowest BCUT2D eigenvalue weighted by molar-refractivity contribution is 0.278. The van der Waals surface area contributed by atoms with Crippen molar-refractivity contribution < 1.29 is 5.11 Å². The van der Waals surface area contributed by atoms with E-state index >= 15 is 0 Å². The number of nitrogens with zero attached hydrogens (tertiary/aromatic N) is 1. The summed E-state index contributed by atoms with van der Waals surface area (Å²) in [6.45, 7) is 2.33. The van der Waals surface area contributed by atoms with Crippen molar-refractivity contribution in [3.8, 4) is 0 Å². The van der Waals surface area contributed by atoms with Crippen molar-refractivity contribution in [1.82, 2.24) is 4.98 Å². The zero-order valence-corrected chi connectivity index (χ0v) is 10.1. The summed E-state index contributed by atoms with van der Waals surface area (Å²) in [5, 5.41) is 13.2. The monoisotopic (exact) mass is 236 g/mol. The summed E-state index contributed by atoms with van der Waals surface area (Å²) in [7, 11) is 0. The minimum Gasteiger partial charge on any atom is -0.396 e. The quantitative estimate of drug-likeness (QED) is 0.839. The second kappa shape index (κ2) is 5.27. The SMILES string of the molecule is CCC(CCO)Nc1nc2ccccc2s1. The van der Waals surface area contributed by atoms with E-state index < -0.39 is 0 Å². The Morgan fingerprint density at radius 2 is 2.25 bits per heavy atom. The zero-order valence-electron chi connectivity index (χ0n) is 9.31. The first-order valence-electron chi connectivity index (χ1n) is 5.56. The van der Waals surface area contributed by atoms with Crippen LogP contribution in [0.4, 0.5) is 5.13 Å². The molecule has 1 atom stereocenters. The number of anilines is 1. The van der Waals surface area contributed by atoms with E-state index in [1.54, 1.807) is 11.3 Å². The zero-order chi connectivity index (χ0) is 11.4. The van der Waals surface area contributed by atoms with Crippen LogP contribution in [0.25, 0.3) is 10.2 Å². The van der Waals surface area contributed by atoms with E-state index in [1.807, 2.05) is 18.2 Å². The molecular weight excluding hydrogens is 220 g/mol. The number of rotatable bonds is 5. The lowest BCUT2D eigenvalue weighted by atomic mass is 10.2. The van der Waals surface area contributed by atoms with Crippen molar-refractivity contribution in [2.75, 3.05) is 11.9 Å². The standard InChI is InChI=1S/C12H16N2OS/c1-2-9(7-8-15)13-12-14-10-5-3-4-6-11(10)16-12/h3-6,9,15H,2,7-8H2,1H3,(H,13,14). The summed E-state index contributed by atoms with van der Waals surface area (Å²) < 4.78 is 1.20. The minimum atomic E-state index is 0.219. The molecule has 1 heterocycles. The highest BCUT2D eigenvalue weighted by atomic mass is 32.1. The molecule has 2 rings (SSSR count). The van der Waals surface area contributed by atoms with Crippen molar-refractivity contribution in [3.05, 3.63) is 24.3 Å². The molecule has 0 aliphatic heterocycles. The second-order valence-electron chi connectivity index (χ2n) is 3.75. The van der Waals surface area contributed by atoms with E-state index in [9.17, 15) is 0 Å². The van der Waals surface area contributed by atoms with E-state index in [-0.39, 0.29) is 6.61 Å². The molecule has 0 aliphatic carbocycles. The molecule has 3 nitrogen and oxygen atoms in total. The molecule has 1 aromatic carbocycles. The number of hydrogen-bond acceptors (Lipinski definition) is 4. The number of fused-ring (bicyclic) bond motifs is 1. The maximum atomic E-state index is 8.93. The largest absolute Gasteiger partial charge is 0.396 e. The van der Waals surface area contributed by atoms with E-state index in [4.69, 9.17) is 5.11 Å². The van der Waals surface area contributed by atoms with Gasteiger partial charge in [0.2, 0.25) is 0 Å². The van der Waals surface area contributed by atoms with Gasteiger partial charge < -0.3 is 10.4 Å². The van der Waals surface area contributed by atoms with Crippen LogP contribution in [0.5, 0.6) is 0 Å². The van der Waals surface area contributed by atoms with Crippen LogP contribution in [0.3, 0.4) is 0 Å². The molecule has 1 aromatic heterocycles. The van der Waals surface area contributed by atoms with Gasteiger partial charge in [0.15, 0.2) is 5.13 Å². The van der Waals surface area contributed by atoms with E-state index in [1.165, 1.54) is 4.70 Å². The van der Waals surface area contributed by atoms with Gasteiger partial charge in [0, 0.05) is 12.6 Å². The van der Waals surface area contributed by atoms with Crippen molar-refractivity contribution in [2.45, 2.75) is 25.8 Å². The Hall–Kier alpha value is -1.13. The Kier molecular flexibility index (Phi) is 3.74. The summed E-state index contributed by atoms with van der Waals surface area (Å²) in [6.07, 6.45) is 1.77. The van der Waals surface area contributed by atoms with Gasteiger partial charge in [-0.2, -0.15) is 0 Å². The average Bonchev–Trinajstić information content (AvgIpc) is 2.70. The molecule has 0 saturated heterocycles. The fourth-order valence-electron chi connectivity index (χ4n) is 1.64. The van der Waals surface area contributed by atoms with Crippen molar-refractivity contribution >= 4 is 26.7 Å². The first-order valence-corrected chi connectivity index (χ1v) is 6.38. The Morgan fingerprint density at radius 1 is 1.44 bits per heavy atom. The van der Waals surface area contributed by atoms with Crippen LogP contribution in [0.15, 0.2) is 24.3 Å². The first-order chi connectivity index (χ1) is 7.83. The number of hydrogen-bond donors (Lipinski definition) is 2. The molecule has 4 heteroatoms. The molecule has 0 aliphatic rings. The Bertz CT molecular complexity index is 422. The molecule has 0 saturated carbocycles. The molecule has 16 heavy (non-hydrogen) atoms. The summed E-state index contributed by atoms with van der Waals surface area (Å²) in [4.78, 5) is 4.51. The number of thiazole rings is 1. The molecule has 0 amide bonds. The van der Waals surface area contributed by atoms with Crippen LogP contribution in [-0.4, -0.2) is 22.7 Å². The van der Waals surface area contributed by atoms with Crippen LogP contribution in [0.2, 0.25) is 0 Å². The predicted molar refractivity (Wildman–Crippen MR) is 69.0 cm³/mol. The minimum absolute atomic E-state index is 0.219. The van der Waals surface area contributed by atoms with Gasteiger partial charge in [-0.05, 0) is 25.0 Å². The molecular formula is C12H16N2OS. The normalized spacial score (nSPS) is 12.9. The summed E-state index contributed by atoms with van der Waals surface area (Å²) in [5.74, 6) is 0. The highest BCUT2D eigenvalue weighted by Gasteiger charge is 2.08. The van der Waals surface area contributed by atoms with E-state index in [0.29, 0.717) is 6.04 Å². The van der Waals surface area contributed by atoms with Gasteiger partial charge in [-0.3, -0.25) is 0 Å². The lowest BCUT2D eigenvalue weighted by Gasteiger charge is -2.14. The summed E-state index contributed by atoms with van der Waals surface area (Å²) in [5.41, 5.74) is 1.04. The molecule has 1 unspecified atom stereocenters. The smallest absolute Gasteiger partial charge is 0.184 e. The number of para-hydroxylation sites is 1. The van der Waals surface area contributed by atoms with Gasteiger partial charge in [-0.1, -0.05) is 30.4 Å². The van der Waals surface area contributed by atoms with Gasteiger partial charge in [0.25, 0.3) is 0 Å². The predicted octanol–water partition coefficient (Wildman–Crippen LogP) is 2.87. The number of nitrogens with one attached hydrogen (secondary N) is 1. The molecule has 0 radical (unpaired) electrons.